The Morgan fingerprint density at radius 1 is 1.05 bits per heavy atom. The zero-order valence-corrected chi connectivity index (χ0v) is 22.4. The van der Waals surface area contributed by atoms with Crippen LogP contribution in [0, 0.1) is 0 Å². The first kappa shape index (κ1) is 27.3. The number of rotatable bonds is 12. The van der Waals surface area contributed by atoms with Crippen molar-refractivity contribution >= 4 is 46.3 Å². The van der Waals surface area contributed by atoms with Gasteiger partial charge in [-0.15, -0.1) is 0 Å². The molecule has 2 aliphatic rings. The molecular formula is C28H32N2O5S2. The minimum Gasteiger partial charge on any atom is -0.492 e. The van der Waals surface area contributed by atoms with E-state index in [2.05, 4.69) is 23.1 Å². The summed E-state index contributed by atoms with van der Waals surface area (Å²) in [5.74, 6) is -0.182. The highest BCUT2D eigenvalue weighted by Gasteiger charge is 2.31. The number of aliphatic carboxylic acids is 1. The summed E-state index contributed by atoms with van der Waals surface area (Å²) in [7, 11) is 0. The number of thiocarbonyl (C=S) groups is 1. The predicted octanol–water partition coefficient (Wildman–Crippen LogP) is 4.91. The number of carbonyl (C=O) groups is 2. The normalized spacial score (nSPS) is 17.5. The molecule has 0 spiro atoms. The van der Waals surface area contributed by atoms with Gasteiger partial charge in [-0.25, -0.2) is 0 Å². The quantitative estimate of drug-likeness (QED) is 0.231. The molecule has 2 heterocycles. The molecule has 0 unspecified atom stereocenters. The van der Waals surface area contributed by atoms with Crippen LogP contribution in [0.25, 0.3) is 17.2 Å². The van der Waals surface area contributed by atoms with E-state index in [9.17, 15) is 9.59 Å². The maximum absolute atomic E-state index is 13.2. The number of ether oxygens (including phenoxy) is 2. The second kappa shape index (κ2) is 13.7. The van der Waals surface area contributed by atoms with Crippen LogP contribution in [0.5, 0.6) is 5.75 Å². The standard InChI is InChI=1S/C28H32N2O5S2/c31-26(32)9-5-2-6-12-30-27(33)25(37-28(30)36)20-23-19-22(21-7-3-1-4-8-21)10-11-24(23)35-18-15-29-13-16-34-17-14-29/h1,3-4,7-8,10-11,19-20H,2,5-6,9,12-18H2,(H,31,32)/b25-20-. The minimum atomic E-state index is -0.797. The number of unbranched alkanes of at least 4 members (excludes halogenated alkanes) is 2. The predicted molar refractivity (Wildman–Crippen MR) is 151 cm³/mol. The molecule has 2 aliphatic heterocycles. The van der Waals surface area contributed by atoms with Crippen LogP contribution in [-0.2, 0) is 14.3 Å². The Morgan fingerprint density at radius 3 is 2.59 bits per heavy atom. The average Bonchev–Trinajstić information content (AvgIpc) is 3.17. The van der Waals surface area contributed by atoms with Gasteiger partial charge in [0, 0.05) is 38.2 Å². The highest BCUT2D eigenvalue weighted by Crippen LogP contribution is 2.36. The molecule has 2 aromatic rings. The first-order valence-electron chi connectivity index (χ1n) is 12.6. The zero-order chi connectivity index (χ0) is 26.0. The van der Waals surface area contributed by atoms with Crippen molar-refractivity contribution in [3.63, 3.8) is 0 Å². The van der Waals surface area contributed by atoms with Crippen molar-refractivity contribution in [3.8, 4) is 16.9 Å². The summed E-state index contributed by atoms with van der Waals surface area (Å²) in [4.78, 5) is 28.4. The maximum atomic E-state index is 13.2. The van der Waals surface area contributed by atoms with Gasteiger partial charge in [0.05, 0.1) is 18.1 Å². The average molecular weight is 541 g/mol. The van der Waals surface area contributed by atoms with Crippen LogP contribution in [0.4, 0.5) is 0 Å². The molecule has 0 bridgehead atoms. The van der Waals surface area contributed by atoms with Crippen molar-refractivity contribution in [3.05, 3.63) is 59.0 Å². The summed E-state index contributed by atoms with van der Waals surface area (Å²) in [5, 5.41) is 8.80. The van der Waals surface area contributed by atoms with E-state index >= 15 is 0 Å². The van der Waals surface area contributed by atoms with Crippen LogP contribution in [0.1, 0.15) is 31.2 Å². The molecule has 0 aromatic heterocycles. The number of carboxylic acids is 1. The number of hydrogen-bond acceptors (Lipinski definition) is 7. The van der Waals surface area contributed by atoms with Crippen molar-refractivity contribution in [1.82, 2.24) is 9.80 Å². The van der Waals surface area contributed by atoms with Gasteiger partial charge in [-0.2, -0.15) is 0 Å². The highest BCUT2D eigenvalue weighted by atomic mass is 32.2. The third kappa shape index (κ3) is 7.88. The Labute approximate surface area is 227 Å². The topological polar surface area (TPSA) is 79.3 Å². The lowest BCUT2D eigenvalue weighted by Crippen LogP contribution is -2.38. The Bertz CT molecular complexity index is 1130. The number of benzene rings is 2. The molecule has 4 rings (SSSR count). The first-order chi connectivity index (χ1) is 18.0. The smallest absolute Gasteiger partial charge is 0.303 e. The number of carbonyl (C=O) groups excluding carboxylic acids is 1. The van der Waals surface area contributed by atoms with E-state index in [1.165, 1.54) is 11.8 Å². The third-order valence-electron chi connectivity index (χ3n) is 6.32. The lowest BCUT2D eigenvalue weighted by atomic mass is 10.0. The van der Waals surface area contributed by atoms with E-state index in [1.54, 1.807) is 4.90 Å². The van der Waals surface area contributed by atoms with Crippen molar-refractivity contribution < 1.29 is 24.2 Å². The van der Waals surface area contributed by atoms with E-state index in [0.29, 0.717) is 35.2 Å². The Hall–Kier alpha value is -2.72. The number of thioether (sulfide) groups is 1. The molecule has 7 nitrogen and oxygen atoms in total. The van der Waals surface area contributed by atoms with Gasteiger partial charge in [0.25, 0.3) is 5.91 Å². The van der Waals surface area contributed by atoms with E-state index in [0.717, 1.165) is 61.7 Å². The second-order valence-corrected chi connectivity index (χ2v) is 10.6. The maximum Gasteiger partial charge on any atom is 0.303 e. The van der Waals surface area contributed by atoms with Crippen molar-refractivity contribution in [2.45, 2.75) is 25.7 Å². The number of amides is 1. The molecule has 2 saturated heterocycles. The molecule has 0 radical (unpaired) electrons. The molecule has 2 fully saturated rings. The lowest BCUT2D eigenvalue weighted by Gasteiger charge is -2.26. The molecular weight excluding hydrogens is 508 g/mol. The van der Waals surface area contributed by atoms with Gasteiger partial charge in [-0.05, 0) is 42.2 Å². The number of nitrogens with zero attached hydrogens (tertiary/aromatic N) is 2. The van der Waals surface area contributed by atoms with E-state index in [1.807, 2.05) is 36.4 Å². The summed E-state index contributed by atoms with van der Waals surface area (Å²) in [6.45, 7) is 5.16. The van der Waals surface area contributed by atoms with Gasteiger partial charge >= 0.3 is 5.97 Å². The summed E-state index contributed by atoms with van der Waals surface area (Å²) in [6.07, 6.45) is 4.07. The molecule has 1 amide bonds. The molecule has 0 aliphatic carbocycles. The van der Waals surface area contributed by atoms with Crippen LogP contribution >= 0.6 is 24.0 Å². The van der Waals surface area contributed by atoms with Gasteiger partial charge in [-0.3, -0.25) is 19.4 Å². The summed E-state index contributed by atoms with van der Waals surface area (Å²) < 4.78 is 12.2. The van der Waals surface area contributed by atoms with Gasteiger partial charge in [0.1, 0.15) is 16.7 Å². The molecule has 37 heavy (non-hydrogen) atoms. The zero-order valence-electron chi connectivity index (χ0n) is 20.8. The summed E-state index contributed by atoms with van der Waals surface area (Å²) in [6, 6.07) is 16.2. The first-order valence-corrected chi connectivity index (χ1v) is 13.8. The van der Waals surface area contributed by atoms with Crippen LogP contribution in [0.2, 0.25) is 0 Å². The number of morpholine rings is 1. The van der Waals surface area contributed by atoms with Gasteiger partial charge in [0.2, 0.25) is 0 Å². The Balaban J connectivity index is 1.48. The van der Waals surface area contributed by atoms with Crippen molar-refractivity contribution in [1.29, 1.82) is 0 Å². The number of carboxylic acid groups (broad SMARTS) is 1. The Morgan fingerprint density at radius 2 is 1.84 bits per heavy atom. The van der Waals surface area contributed by atoms with Crippen molar-refractivity contribution in [2.75, 3.05) is 46.0 Å². The van der Waals surface area contributed by atoms with Gasteiger partial charge in [0.15, 0.2) is 0 Å². The fourth-order valence-corrected chi connectivity index (χ4v) is 5.57. The minimum absolute atomic E-state index is 0.113. The summed E-state index contributed by atoms with van der Waals surface area (Å²) in [5.41, 5.74) is 2.97. The molecule has 1 N–H and O–H groups in total. The van der Waals surface area contributed by atoms with Crippen LogP contribution in [0.15, 0.2) is 53.4 Å². The SMILES string of the molecule is O=C(O)CCCCCN1C(=O)/C(=C/c2cc(-c3ccccc3)ccc2OCCN2CCOCC2)SC1=S. The Kier molecular flexibility index (Phi) is 10.1. The second-order valence-electron chi connectivity index (χ2n) is 8.96. The fraction of sp³-hybridized carbons (Fsp3) is 0.393. The molecule has 9 heteroatoms. The van der Waals surface area contributed by atoms with E-state index < -0.39 is 5.97 Å². The van der Waals surface area contributed by atoms with Crippen molar-refractivity contribution in [2.24, 2.45) is 0 Å². The largest absolute Gasteiger partial charge is 0.492 e. The van der Waals surface area contributed by atoms with Crippen LogP contribution in [0.3, 0.4) is 0 Å². The highest BCUT2D eigenvalue weighted by molar-refractivity contribution is 8.26. The molecule has 2 aromatic carbocycles. The van der Waals surface area contributed by atoms with E-state index in [-0.39, 0.29) is 12.3 Å². The lowest BCUT2D eigenvalue weighted by molar-refractivity contribution is -0.137. The molecule has 0 atom stereocenters. The van der Waals surface area contributed by atoms with Gasteiger partial charge in [-0.1, -0.05) is 66.8 Å². The fourth-order valence-electron chi connectivity index (χ4n) is 4.27. The molecule has 0 saturated carbocycles. The third-order valence-corrected chi connectivity index (χ3v) is 7.70. The van der Waals surface area contributed by atoms with Crippen LogP contribution < -0.4 is 4.74 Å². The monoisotopic (exact) mass is 540 g/mol. The molecule has 196 valence electrons. The van der Waals surface area contributed by atoms with E-state index in [4.69, 9.17) is 26.8 Å². The van der Waals surface area contributed by atoms with Gasteiger partial charge < -0.3 is 14.6 Å². The number of hydrogen-bond donors (Lipinski definition) is 1. The van der Waals surface area contributed by atoms with Crippen LogP contribution in [-0.4, -0.2) is 77.1 Å². The summed E-state index contributed by atoms with van der Waals surface area (Å²) >= 11 is 6.79.